The van der Waals surface area contributed by atoms with Gasteiger partial charge in [0.05, 0.1) is 6.10 Å². The molecule has 0 aliphatic carbocycles. The van der Waals surface area contributed by atoms with Gasteiger partial charge in [-0.15, -0.1) is 0 Å². The molecule has 0 bridgehead atoms. The van der Waals surface area contributed by atoms with Gasteiger partial charge in [0.25, 0.3) is 0 Å². The Balaban J connectivity index is 2.76. The minimum atomic E-state index is -0.838. The number of nitrogens with zero attached hydrogens (tertiary/aromatic N) is 1. The van der Waals surface area contributed by atoms with Gasteiger partial charge in [-0.1, -0.05) is 0 Å². The molecule has 0 aromatic heterocycles. The molecule has 1 aromatic rings. The predicted octanol–water partition coefficient (Wildman–Crippen LogP) is 2.38. The molecule has 0 aliphatic heterocycles. The second-order valence-electron chi connectivity index (χ2n) is 4.29. The number of aliphatic carboxylic acids is 1. The van der Waals surface area contributed by atoms with Gasteiger partial charge in [0.15, 0.2) is 0 Å². The lowest BCUT2D eigenvalue weighted by atomic mass is 10.2. The monoisotopic (exact) mass is 237 g/mol. The summed E-state index contributed by atoms with van der Waals surface area (Å²) in [6.07, 6.45) is 0.136. The van der Waals surface area contributed by atoms with Crippen molar-refractivity contribution >= 4 is 11.7 Å². The van der Waals surface area contributed by atoms with Crippen LogP contribution in [0.25, 0.3) is 0 Å². The summed E-state index contributed by atoms with van der Waals surface area (Å²) in [7, 11) is 1.76. The van der Waals surface area contributed by atoms with Crippen molar-refractivity contribution in [2.24, 2.45) is 0 Å². The number of ether oxygens (including phenoxy) is 1. The summed E-state index contributed by atoms with van der Waals surface area (Å²) < 4.78 is 5.52. The number of carbonyl (C=O) groups is 1. The number of carboxylic acid groups (broad SMARTS) is 1. The standard InChI is InChI=1S/C13H19NO3/c1-9(2)17-12-7-5-11(6-8-12)14(4)10(3)13(15)16/h5-10H,1-4H3,(H,15,16). The van der Waals surface area contributed by atoms with Crippen molar-refractivity contribution in [3.05, 3.63) is 24.3 Å². The van der Waals surface area contributed by atoms with Crippen LogP contribution in [0.2, 0.25) is 0 Å². The van der Waals surface area contributed by atoms with E-state index in [0.717, 1.165) is 11.4 Å². The van der Waals surface area contributed by atoms with Crippen molar-refractivity contribution in [2.45, 2.75) is 32.9 Å². The van der Waals surface area contributed by atoms with E-state index in [1.807, 2.05) is 38.1 Å². The molecule has 0 heterocycles. The molecule has 1 aromatic carbocycles. The second kappa shape index (κ2) is 5.57. The molecule has 0 saturated heterocycles. The van der Waals surface area contributed by atoms with E-state index in [0.29, 0.717) is 0 Å². The third kappa shape index (κ3) is 3.66. The summed E-state index contributed by atoms with van der Waals surface area (Å²) in [5, 5.41) is 8.92. The van der Waals surface area contributed by atoms with Crippen molar-refractivity contribution < 1.29 is 14.6 Å². The van der Waals surface area contributed by atoms with Crippen molar-refractivity contribution in [2.75, 3.05) is 11.9 Å². The molecule has 4 nitrogen and oxygen atoms in total. The number of hydrogen-bond donors (Lipinski definition) is 1. The van der Waals surface area contributed by atoms with Crippen LogP contribution in [0.5, 0.6) is 5.75 Å². The first-order valence-corrected chi connectivity index (χ1v) is 5.64. The van der Waals surface area contributed by atoms with Crippen LogP contribution in [0, 0.1) is 0 Å². The maximum absolute atomic E-state index is 10.9. The normalized spacial score (nSPS) is 12.3. The van der Waals surface area contributed by atoms with Crippen LogP contribution in [-0.2, 0) is 4.79 Å². The third-order valence-electron chi connectivity index (χ3n) is 2.55. The van der Waals surface area contributed by atoms with Gasteiger partial charge in [0.1, 0.15) is 11.8 Å². The van der Waals surface area contributed by atoms with Crippen molar-refractivity contribution in [1.82, 2.24) is 0 Å². The Morgan fingerprint density at radius 3 is 2.18 bits per heavy atom. The van der Waals surface area contributed by atoms with Crippen LogP contribution in [0.1, 0.15) is 20.8 Å². The number of anilines is 1. The molecule has 4 heteroatoms. The predicted molar refractivity (Wildman–Crippen MR) is 67.7 cm³/mol. The smallest absolute Gasteiger partial charge is 0.326 e. The Kier molecular flexibility index (Phi) is 4.37. The molecule has 17 heavy (non-hydrogen) atoms. The highest BCUT2D eigenvalue weighted by molar-refractivity contribution is 5.77. The molecule has 1 N–H and O–H groups in total. The number of hydrogen-bond acceptors (Lipinski definition) is 3. The van der Waals surface area contributed by atoms with Crippen LogP contribution < -0.4 is 9.64 Å². The average molecular weight is 237 g/mol. The van der Waals surface area contributed by atoms with Crippen LogP contribution in [0.15, 0.2) is 24.3 Å². The van der Waals surface area contributed by atoms with E-state index in [9.17, 15) is 4.79 Å². The fourth-order valence-corrected chi connectivity index (χ4v) is 1.42. The van der Waals surface area contributed by atoms with E-state index < -0.39 is 12.0 Å². The second-order valence-corrected chi connectivity index (χ2v) is 4.29. The summed E-state index contributed by atoms with van der Waals surface area (Å²) in [6.45, 7) is 5.58. The summed E-state index contributed by atoms with van der Waals surface area (Å²) >= 11 is 0. The Morgan fingerprint density at radius 1 is 1.24 bits per heavy atom. The molecule has 1 rings (SSSR count). The highest BCUT2D eigenvalue weighted by Crippen LogP contribution is 2.20. The zero-order valence-corrected chi connectivity index (χ0v) is 10.7. The van der Waals surface area contributed by atoms with E-state index in [2.05, 4.69) is 0 Å². The molecule has 0 amide bonds. The molecular formula is C13H19NO3. The first-order chi connectivity index (χ1) is 7.91. The lowest BCUT2D eigenvalue weighted by molar-refractivity contribution is -0.138. The number of likely N-dealkylation sites (N-methyl/N-ethyl adjacent to an activating group) is 1. The van der Waals surface area contributed by atoms with Crippen LogP contribution in [0.3, 0.4) is 0 Å². The lowest BCUT2D eigenvalue weighted by Crippen LogP contribution is -2.35. The molecule has 0 spiro atoms. The van der Waals surface area contributed by atoms with E-state index in [1.165, 1.54) is 0 Å². The van der Waals surface area contributed by atoms with Crippen molar-refractivity contribution in [3.63, 3.8) is 0 Å². The van der Waals surface area contributed by atoms with Gasteiger partial charge in [-0.05, 0) is 45.0 Å². The number of rotatable bonds is 5. The SMILES string of the molecule is CC(C)Oc1ccc(N(C)C(C)C(=O)O)cc1. The van der Waals surface area contributed by atoms with Gasteiger partial charge in [0.2, 0.25) is 0 Å². The van der Waals surface area contributed by atoms with Crippen molar-refractivity contribution in [3.8, 4) is 5.75 Å². The van der Waals surface area contributed by atoms with Gasteiger partial charge in [-0.2, -0.15) is 0 Å². The van der Waals surface area contributed by atoms with Gasteiger partial charge < -0.3 is 14.7 Å². The van der Waals surface area contributed by atoms with E-state index in [-0.39, 0.29) is 6.10 Å². The Morgan fingerprint density at radius 2 is 1.76 bits per heavy atom. The first kappa shape index (κ1) is 13.4. The molecule has 0 fully saturated rings. The molecule has 0 aliphatic rings. The lowest BCUT2D eigenvalue weighted by Gasteiger charge is -2.23. The summed E-state index contributed by atoms with van der Waals surface area (Å²) in [6, 6.07) is 6.86. The minimum absolute atomic E-state index is 0.136. The van der Waals surface area contributed by atoms with Crippen LogP contribution >= 0.6 is 0 Å². The van der Waals surface area contributed by atoms with Gasteiger partial charge in [0, 0.05) is 12.7 Å². The van der Waals surface area contributed by atoms with E-state index in [1.54, 1.807) is 18.9 Å². The number of carboxylic acids is 1. The molecule has 0 radical (unpaired) electrons. The topological polar surface area (TPSA) is 49.8 Å². The van der Waals surface area contributed by atoms with E-state index in [4.69, 9.17) is 9.84 Å². The molecule has 1 atom stereocenters. The maximum Gasteiger partial charge on any atom is 0.326 e. The molecular weight excluding hydrogens is 218 g/mol. The Bertz CT molecular complexity index is 373. The zero-order chi connectivity index (χ0) is 13.0. The molecule has 1 unspecified atom stereocenters. The largest absolute Gasteiger partial charge is 0.491 e. The van der Waals surface area contributed by atoms with Gasteiger partial charge >= 0.3 is 5.97 Å². The molecule has 94 valence electrons. The summed E-state index contributed by atoms with van der Waals surface area (Å²) in [5.41, 5.74) is 0.857. The maximum atomic E-state index is 10.9. The average Bonchev–Trinajstić information content (AvgIpc) is 2.27. The van der Waals surface area contributed by atoms with Gasteiger partial charge in [-0.25, -0.2) is 4.79 Å². The third-order valence-corrected chi connectivity index (χ3v) is 2.55. The zero-order valence-electron chi connectivity index (χ0n) is 10.7. The number of benzene rings is 1. The quantitative estimate of drug-likeness (QED) is 0.854. The first-order valence-electron chi connectivity index (χ1n) is 5.64. The summed E-state index contributed by atoms with van der Waals surface area (Å²) in [4.78, 5) is 12.6. The van der Waals surface area contributed by atoms with Crippen molar-refractivity contribution in [1.29, 1.82) is 0 Å². The van der Waals surface area contributed by atoms with E-state index >= 15 is 0 Å². The Labute approximate surface area is 102 Å². The van der Waals surface area contributed by atoms with Crippen LogP contribution in [0.4, 0.5) is 5.69 Å². The molecule has 0 saturated carbocycles. The van der Waals surface area contributed by atoms with Crippen LogP contribution in [-0.4, -0.2) is 30.3 Å². The fraction of sp³-hybridized carbons (Fsp3) is 0.462. The minimum Gasteiger partial charge on any atom is -0.491 e. The highest BCUT2D eigenvalue weighted by atomic mass is 16.5. The Hall–Kier alpha value is -1.71. The highest BCUT2D eigenvalue weighted by Gasteiger charge is 2.16. The summed E-state index contributed by atoms with van der Waals surface area (Å²) in [5.74, 6) is -0.0462. The fourth-order valence-electron chi connectivity index (χ4n) is 1.42. The van der Waals surface area contributed by atoms with Gasteiger partial charge in [-0.3, -0.25) is 0 Å².